The van der Waals surface area contributed by atoms with Gasteiger partial charge >= 0.3 is 0 Å². The van der Waals surface area contributed by atoms with E-state index in [0.29, 0.717) is 10.6 Å². The Balaban J connectivity index is 1.90. The van der Waals surface area contributed by atoms with Gasteiger partial charge in [-0.2, -0.15) is 0 Å². The molecule has 2 rings (SSSR count). The van der Waals surface area contributed by atoms with E-state index in [9.17, 15) is 9.18 Å². The highest BCUT2D eigenvalue weighted by Gasteiger charge is 2.23. The van der Waals surface area contributed by atoms with Crippen LogP contribution in [-0.4, -0.2) is 18.0 Å². The summed E-state index contributed by atoms with van der Waals surface area (Å²) in [4.78, 5) is 11.8. The summed E-state index contributed by atoms with van der Waals surface area (Å²) < 4.78 is 13.1. The second kappa shape index (κ2) is 5.67. The number of carbonyl (C=O) groups is 1. The Morgan fingerprint density at radius 2 is 2.22 bits per heavy atom. The molecule has 1 fully saturated rings. The van der Waals surface area contributed by atoms with E-state index in [2.05, 4.69) is 5.32 Å². The third kappa shape index (κ3) is 3.68. The van der Waals surface area contributed by atoms with E-state index in [4.69, 9.17) is 17.3 Å². The van der Waals surface area contributed by atoms with Gasteiger partial charge in [0.25, 0.3) is 0 Å². The minimum atomic E-state index is -0.423. The van der Waals surface area contributed by atoms with Gasteiger partial charge in [-0.05, 0) is 43.0 Å². The monoisotopic (exact) mass is 270 g/mol. The lowest BCUT2D eigenvalue weighted by Crippen LogP contribution is -2.35. The smallest absolute Gasteiger partial charge is 0.224 e. The van der Waals surface area contributed by atoms with Crippen LogP contribution in [0.3, 0.4) is 0 Å². The molecule has 0 aliphatic heterocycles. The van der Waals surface area contributed by atoms with E-state index in [1.54, 1.807) is 6.07 Å². The molecule has 0 spiro atoms. The second-order valence-corrected chi connectivity index (χ2v) is 5.23. The number of hydrogen-bond donors (Lipinski definition) is 2. The molecule has 3 N–H and O–H groups in total. The van der Waals surface area contributed by atoms with Crippen LogP contribution in [-0.2, 0) is 11.2 Å². The topological polar surface area (TPSA) is 55.1 Å². The highest BCUT2D eigenvalue weighted by molar-refractivity contribution is 6.30. The summed E-state index contributed by atoms with van der Waals surface area (Å²) >= 11 is 5.73. The van der Waals surface area contributed by atoms with Crippen LogP contribution < -0.4 is 11.1 Å². The number of amides is 1. The Morgan fingerprint density at radius 1 is 1.44 bits per heavy atom. The molecule has 0 bridgehead atoms. The van der Waals surface area contributed by atoms with Crippen molar-refractivity contribution in [2.45, 2.75) is 37.8 Å². The maximum Gasteiger partial charge on any atom is 0.224 e. The van der Waals surface area contributed by atoms with Crippen LogP contribution in [0.4, 0.5) is 4.39 Å². The molecule has 0 unspecified atom stereocenters. The summed E-state index contributed by atoms with van der Waals surface area (Å²) in [5.74, 6) is -0.538. The zero-order chi connectivity index (χ0) is 13.1. The van der Waals surface area contributed by atoms with Crippen LogP contribution in [0.25, 0.3) is 0 Å². The molecule has 0 saturated heterocycles. The third-order valence-corrected chi connectivity index (χ3v) is 3.34. The van der Waals surface area contributed by atoms with E-state index in [1.807, 2.05) is 0 Å². The molecule has 1 aromatic carbocycles. The largest absolute Gasteiger partial charge is 0.353 e. The molecule has 1 aromatic rings. The number of nitrogens with two attached hydrogens (primary N) is 1. The van der Waals surface area contributed by atoms with Crippen molar-refractivity contribution >= 4 is 17.5 Å². The Labute approximate surface area is 111 Å². The van der Waals surface area contributed by atoms with Crippen LogP contribution in [0.1, 0.15) is 24.8 Å². The van der Waals surface area contributed by atoms with Crippen molar-refractivity contribution in [2.24, 2.45) is 5.73 Å². The van der Waals surface area contributed by atoms with Crippen molar-refractivity contribution in [3.63, 3.8) is 0 Å². The molecule has 0 heterocycles. The van der Waals surface area contributed by atoms with Crippen molar-refractivity contribution in [1.29, 1.82) is 0 Å². The Morgan fingerprint density at radius 3 is 2.83 bits per heavy atom. The molecule has 0 aromatic heterocycles. The van der Waals surface area contributed by atoms with Crippen LogP contribution in [0, 0.1) is 5.82 Å². The van der Waals surface area contributed by atoms with Gasteiger partial charge in [0, 0.05) is 17.1 Å². The lowest BCUT2D eigenvalue weighted by atomic mass is 10.1. The first-order valence-electron chi connectivity index (χ1n) is 6.03. The van der Waals surface area contributed by atoms with E-state index >= 15 is 0 Å². The molecule has 2 atom stereocenters. The van der Waals surface area contributed by atoms with Crippen molar-refractivity contribution < 1.29 is 9.18 Å². The Hall–Kier alpha value is -1.13. The predicted molar refractivity (Wildman–Crippen MR) is 68.9 cm³/mol. The second-order valence-electron chi connectivity index (χ2n) is 4.79. The molecule has 18 heavy (non-hydrogen) atoms. The number of nitrogens with one attached hydrogen (secondary N) is 1. The standard InChI is InChI=1S/C13H16ClFN2O/c14-9-3-8(4-10(15)6-9)5-13(18)17-12-2-1-11(16)7-12/h3-4,6,11-12H,1-2,5,7,16H2,(H,17,18)/t11-,12-/m1/s1. The van der Waals surface area contributed by atoms with E-state index in [1.165, 1.54) is 12.1 Å². The van der Waals surface area contributed by atoms with Gasteiger partial charge in [-0.1, -0.05) is 11.6 Å². The summed E-state index contributed by atoms with van der Waals surface area (Å²) in [5, 5.41) is 3.22. The van der Waals surface area contributed by atoms with Crippen molar-refractivity contribution in [1.82, 2.24) is 5.32 Å². The average molecular weight is 271 g/mol. The first-order valence-corrected chi connectivity index (χ1v) is 6.40. The fraction of sp³-hybridized carbons (Fsp3) is 0.462. The van der Waals surface area contributed by atoms with Gasteiger partial charge in [0.2, 0.25) is 5.91 Å². The number of carbonyl (C=O) groups excluding carboxylic acids is 1. The molecular weight excluding hydrogens is 255 g/mol. The predicted octanol–water partition coefficient (Wildman–Crippen LogP) is 2.02. The normalized spacial score (nSPS) is 23.1. The highest BCUT2D eigenvalue weighted by Crippen LogP contribution is 2.18. The third-order valence-electron chi connectivity index (χ3n) is 3.13. The van der Waals surface area contributed by atoms with Crippen molar-refractivity contribution in [2.75, 3.05) is 0 Å². The van der Waals surface area contributed by atoms with Crippen molar-refractivity contribution in [3.05, 3.63) is 34.6 Å². The summed E-state index contributed by atoms with van der Waals surface area (Å²) in [6.07, 6.45) is 2.81. The Kier molecular flexibility index (Phi) is 4.19. The van der Waals surface area contributed by atoms with Gasteiger partial charge in [0.15, 0.2) is 0 Å². The van der Waals surface area contributed by atoms with Crippen LogP contribution in [0.5, 0.6) is 0 Å². The number of hydrogen-bond acceptors (Lipinski definition) is 2. The maximum atomic E-state index is 13.1. The van der Waals surface area contributed by atoms with E-state index in [-0.39, 0.29) is 24.4 Å². The molecular formula is C13H16ClFN2O. The first-order chi connectivity index (χ1) is 8.52. The Bertz CT molecular complexity index is 432. The van der Waals surface area contributed by atoms with E-state index < -0.39 is 5.82 Å². The highest BCUT2D eigenvalue weighted by atomic mass is 35.5. The number of halogens is 2. The lowest BCUT2D eigenvalue weighted by molar-refractivity contribution is -0.121. The van der Waals surface area contributed by atoms with Crippen LogP contribution in [0.2, 0.25) is 5.02 Å². The molecule has 3 nitrogen and oxygen atoms in total. The van der Waals surface area contributed by atoms with Gasteiger partial charge in [-0.25, -0.2) is 4.39 Å². The molecule has 1 amide bonds. The molecule has 98 valence electrons. The SMILES string of the molecule is N[C@@H]1CC[C@@H](NC(=O)Cc2cc(F)cc(Cl)c2)C1. The first kappa shape index (κ1) is 13.3. The fourth-order valence-electron chi connectivity index (χ4n) is 2.32. The zero-order valence-electron chi connectivity index (χ0n) is 9.96. The lowest BCUT2D eigenvalue weighted by Gasteiger charge is -2.12. The quantitative estimate of drug-likeness (QED) is 0.883. The van der Waals surface area contributed by atoms with Gasteiger partial charge in [0.05, 0.1) is 6.42 Å². The summed E-state index contributed by atoms with van der Waals surface area (Å²) in [5.41, 5.74) is 6.36. The van der Waals surface area contributed by atoms with Gasteiger partial charge < -0.3 is 11.1 Å². The number of benzene rings is 1. The minimum Gasteiger partial charge on any atom is -0.353 e. The molecule has 0 radical (unpaired) electrons. The van der Waals surface area contributed by atoms with E-state index in [0.717, 1.165) is 19.3 Å². The van der Waals surface area contributed by atoms with Gasteiger partial charge in [-0.15, -0.1) is 0 Å². The number of rotatable bonds is 3. The van der Waals surface area contributed by atoms with Gasteiger partial charge in [0.1, 0.15) is 5.82 Å². The molecule has 1 aliphatic carbocycles. The summed E-state index contributed by atoms with van der Waals surface area (Å²) in [6, 6.07) is 4.48. The fourth-order valence-corrected chi connectivity index (χ4v) is 2.57. The van der Waals surface area contributed by atoms with Crippen LogP contribution in [0.15, 0.2) is 18.2 Å². The van der Waals surface area contributed by atoms with Crippen LogP contribution >= 0.6 is 11.6 Å². The molecule has 1 saturated carbocycles. The maximum absolute atomic E-state index is 13.1. The minimum absolute atomic E-state index is 0.115. The summed E-state index contributed by atoms with van der Waals surface area (Å²) in [7, 11) is 0. The zero-order valence-corrected chi connectivity index (χ0v) is 10.7. The van der Waals surface area contributed by atoms with Gasteiger partial charge in [-0.3, -0.25) is 4.79 Å². The average Bonchev–Trinajstić information content (AvgIpc) is 2.61. The molecule has 1 aliphatic rings. The molecule has 5 heteroatoms. The summed E-state index contributed by atoms with van der Waals surface area (Å²) in [6.45, 7) is 0. The van der Waals surface area contributed by atoms with Crippen molar-refractivity contribution in [3.8, 4) is 0 Å².